The lowest BCUT2D eigenvalue weighted by atomic mass is 9.82. The molecular formula is C19H17ClN6O5S2. The van der Waals surface area contributed by atoms with Crippen molar-refractivity contribution in [1.29, 1.82) is 0 Å². The quantitative estimate of drug-likeness (QED) is 0.196. The average Bonchev–Trinajstić information content (AvgIpc) is 3.11. The smallest absolute Gasteiger partial charge is 0.353 e. The van der Waals surface area contributed by atoms with Gasteiger partial charge in [0.05, 0.1) is 6.04 Å². The Morgan fingerprint density at radius 3 is 2.67 bits per heavy atom. The normalized spacial score (nSPS) is 22.6. The van der Waals surface area contributed by atoms with E-state index in [-0.39, 0.29) is 26.8 Å². The van der Waals surface area contributed by atoms with E-state index in [4.69, 9.17) is 17.3 Å². The third kappa shape index (κ3) is 4.14. The highest BCUT2D eigenvalue weighted by molar-refractivity contribution is 8.03. The maximum Gasteiger partial charge on any atom is 0.353 e. The fourth-order valence-corrected chi connectivity index (χ4v) is 5.83. The molecule has 172 valence electrons. The number of nitrogens with two attached hydrogens (primary N) is 1. The van der Waals surface area contributed by atoms with Gasteiger partial charge in [0.2, 0.25) is 0 Å². The Bertz CT molecular complexity index is 1200. The van der Waals surface area contributed by atoms with Gasteiger partial charge in [0.1, 0.15) is 21.8 Å². The molecule has 0 bridgehead atoms. The molecule has 0 aromatic carbocycles. The van der Waals surface area contributed by atoms with Gasteiger partial charge in [0.15, 0.2) is 10.8 Å². The van der Waals surface area contributed by atoms with Gasteiger partial charge in [-0.25, -0.2) is 9.78 Å². The number of anilines is 1. The van der Waals surface area contributed by atoms with Crippen molar-refractivity contribution in [2.75, 3.05) is 5.73 Å². The van der Waals surface area contributed by atoms with Crippen molar-refractivity contribution in [3.63, 3.8) is 0 Å². The summed E-state index contributed by atoms with van der Waals surface area (Å²) >= 11 is 8.16. The maximum absolute atomic E-state index is 12.9. The SMILES string of the molecule is CC1C[C@@H]2[C@H](NC(=O)C(=NO)c3nc(N)sc3Cl)C(=O)N2C(C(=O)O)=C1Sc1ccncc1. The van der Waals surface area contributed by atoms with E-state index < -0.39 is 35.6 Å². The standard InChI is InChI=1S/C19H17ClN6O5S2/c1-7-6-9-10(23-16(27)12(25-31)11-15(20)33-19(21)24-11)17(28)26(9)13(18(29)30)14(7)32-8-2-4-22-5-3-8/h2-5,7,9-10,31H,6H2,1H3,(H2,21,24)(H,23,27)(H,29,30)/t7?,9-,10+/m1/s1. The number of nitrogens with zero attached hydrogens (tertiary/aromatic N) is 4. The van der Waals surface area contributed by atoms with Crippen LogP contribution >= 0.6 is 34.7 Å². The maximum atomic E-state index is 12.9. The molecule has 14 heteroatoms. The minimum Gasteiger partial charge on any atom is -0.477 e. The first kappa shape index (κ1) is 23.0. The molecule has 2 aliphatic rings. The molecule has 3 atom stereocenters. The van der Waals surface area contributed by atoms with Gasteiger partial charge in [-0.2, -0.15) is 0 Å². The Kier molecular flexibility index (Phi) is 6.28. The Hall–Kier alpha value is -3.16. The molecule has 11 nitrogen and oxygen atoms in total. The number of nitrogens with one attached hydrogen (secondary N) is 1. The number of oxime groups is 1. The van der Waals surface area contributed by atoms with Crippen LogP contribution in [0.15, 0.2) is 45.2 Å². The lowest BCUT2D eigenvalue weighted by Crippen LogP contribution is -2.72. The summed E-state index contributed by atoms with van der Waals surface area (Å²) in [6.07, 6.45) is 3.63. The second-order valence-electron chi connectivity index (χ2n) is 7.29. The van der Waals surface area contributed by atoms with Crippen LogP contribution in [-0.4, -0.2) is 60.8 Å². The first-order chi connectivity index (χ1) is 15.7. The Labute approximate surface area is 200 Å². The highest BCUT2D eigenvalue weighted by Gasteiger charge is 2.55. The van der Waals surface area contributed by atoms with E-state index >= 15 is 0 Å². The third-order valence-corrected chi connectivity index (χ3v) is 7.65. The number of allylic oxidation sites excluding steroid dienone is 1. The van der Waals surface area contributed by atoms with Gasteiger partial charge in [-0.15, -0.1) is 0 Å². The number of carboxylic acid groups (broad SMARTS) is 1. The first-order valence-corrected chi connectivity index (χ1v) is 11.6. The lowest BCUT2D eigenvalue weighted by Gasteiger charge is -2.51. The molecule has 1 fully saturated rings. The summed E-state index contributed by atoms with van der Waals surface area (Å²) in [5.41, 5.74) is 4.86. The summed E-state index contributed by atoms with van der Waals surface area (Å²) < 4.78 is 0.0529. The number of aromatic nitrogens is 2. The van der Waals surface area contributed by atoms with Crippen LogP contribution in [0.2, 0.25) is 4.34 Å². The summed E-state index contributed by atoms with van der Waals surface area (Å²) in [4.78, 5) is 48.1. The second-order valence-corrected chi connectivity index (χ2v) is 10.0. The molecule has 4 heterocycles. The number of hydrogen-bond donors (Lipinski definition) is 4. The number of aliphatic carboxylic acids is 1. The molecule has 2 aromatic heterocycles. The Morgan fingerprint density at radius 1 is 1.39 bits per heavy atom. The van der Waals surface area contributed by atoms with Crippen LogP contribution in [0, 0.1) is 5.92 Å². The van der Waals surface area contributed by atoms with Gasteiger partial charge in [-0.3, -0.25) is 19.5 Å². The van der Waals surface area contributed by atoms with Crippen LogP contribution in [0.1, 0.15) is 19.0 Å². The van der Waals surface area contributed by atoms with Crippen LogP contribution in [0.25, 0.3) is 0 Å². The number of halogens is 1. The number of carbonyl (C=O) groups is 3. The van der Waals surface area contributed by atoms with Crippen LogP contribution in [0.4, 0.5) is 5.13 Å². The molecule has 0 aliphatic carbocycles. The number of pyridine rings is 1. The summed E-state index contributed by atoms with van der Waals surface area (Å²) in [7, 11) is 0. The van der Waals surface area contributed by atoms with Gasteiger partial charge in [-0.1, -0.05) is 46.8 Å². The molecule has 0 saturated carbocycles. The minimum absolute atomic E-state index is 0.0529. The summed E-state index contributed by atoms with van der Waals surface area (Å²) in [6.45, 7) is 1.86. The summed E-state index contributed by atoms with van der Waals surface area (Å²) in [5.74, 6) is -2.88. The zero-order chi connectivity index (χ0) is 23.9. The molecule has 33 heavy (non-hydrogen) atoms. The lowest BCUT2D eigenvalue weighted by molar-refractivity contribution is -0.155. The van der Waals surface area contributed by atoms with Gasteiger partial charge in [-0.05, 0) is 24.5 Å². The molecule has 1 unspecified atom stereocenters. The van der Waals surface area contributed by atoms with Gasteiger partial charge >= 0.3 is 5.97 Å². The number of fused-ring (bicyclic) bond motifs is 1. The van der Waals surface area contributed by atoms with E-state index in [1.165, 1.54) is 16.7 Å². The number of thioether (sulfide) groups is 1. The van der Waals surface area contributed by atoms with E-state index in [1.54, 1.807) is 24.5 Å². The van der Waals surface area contributed by atoms with Crippen LogP contribution in [0.5, 0.6) is 0 Å². The van der Waals surface area contributed by atoms with Crippen molar-refractivity contribution in [2.45, 2.75) is 30.3 Å². The van der Waals surface area contributed by atoms with E-state index in [0.29, 0.717) is 11.3 Å². The van der Waals surface area contributed by atoms with Crippen LogP contribution in [-0.2, 0) is 14.4 Å². The van der Waals surface area contributed by atoms with E-state index in [1.807, 2.05) is 6.92 Å². The second kappa shape index (κ2) is 9.00. The number of thiazole rings is 1. The largest absolute Gasteiger partial charge is 0.477 e. The predicted octanol–water partition coefficient (Wildman–Crippen LogP) is 1.78. The van der Waals surface area contributed by atoms with Crippen molar-refractivity contribution >= 4 is 63.3 Å². The first-order valence-electron chi connectivity index (χ1n) is 9.56. The topological polar surface area (TPSA) is 171 Å². The monoisotopic (exact) mass is 508 g/mol. The third-order valence-electron chi connectivity index (χ3n) is 5.25. The number of carbonyl (C=O) groups excluding carboxylic acids is 2. The number of nitrogen functional groups attached to an aromatic ring is 1. The van der Waals surface area contributed by atoms with Crippen LogP contribution in [0.3, 0.4) is 0 Å². The number of β-lactam (4-membered cyclic amide) rings is 1. The fraction of sp³-hybridized carbons (Fsp3) is 0.263. The van der Waals surface area contributed by atoms with Crippen molar-refractivity contribution < 1.29 is 24.7 Å². The minimum atomic E-state index is -1.23. The zero-order valence-corrected chi connectivity index (χ0v) is 19.3. The highest BCUT2D eigenvalue weighted by atomic mass is 35.5. The zero-order valence-electron chi connectivity index (χ0n) is 16.9. The molecule has 5 N–H and O–H groups in total. The summed E-state index contributed by atoms with van der Waals surface area (Å²) in [6, 6.07) is 1.94. The van der Waals surface area contributed by atoms with Gasteiger partial charge in [0, 0.05) is 22.2 Å². The average molecular weight is 509 g/mol. The van der Waals surface area contributed by atoms with Crippen molar-refractivity contribution in [1.82, 2.24) is 20.2 Å². The molecular weight excluding hydrogens is 492 g/mol. The Balaban J connectivity index is 1.57. The van der Waals surface area contributed by atoms with Crippen molar-refractivity contribution in [3.05, 3.63) is 45.2 Å². The molecule has 2 amide bonds. The van der Waals surface area contributed by atoms with Gasteiger partial charge in [0.25, 0.3) is 11.8 Å². The molecule has 0 radical (unpaired) electrons. The van der Waals surface area contributed by atoms with Crippen molar-refractivity contribution in [2.24, 2.45) is 11.1 Å². The molecule has 2 aromatic rings. The molecule has 0 spiro atoms. The van der Waals surface area contributed by atoms with Gasteiger partial charge < -0.3 is 21.4 Å². The summed E-state index contributed by atoms with van der Waals surface area (Å²) in [5, 5.41) is 24.7. The van der Waals surface area contributed by atoms with Crippen LogP contribution < -0.4 is 11.1 Å². The number of carboxylic acids is 1. The Morgan fingerprint density at radius 2 is 2.09 bits per heavy atom. The molecule has 2 aliphatic heterocycles. The van der Waals surface area contributed by atoms with E-state index in [9.17, 15) is 24.7 Å². The molecule has 1 saturated heterocycles. The number of rotatable bonds is 6. The van der Waals surface area contributed by atoms with E-state index in [2.05, 4.69) is 20.4 Å². The number of hydrogen-bond acceptors (Lipinski definition) is 10. The number of amides is 2. The predicted molar refractivity (Wildman–Crippen MR) is 121 cm³/mol. The molecule has 4 rings (SSSR count). The van der Waals surface area contributed by atoms with E-state index in [0.717, 1.165) is 16.2 Å². The fourth-order valence-electron chi connectivity index (χ4n) is 3.81. The van der Waals surface area contributed by atoms with Crippen molar-refractivity contribution in [3.8, 4) is 0 Å². The highest BCUT2D eigenvalue weighted by Crippen LogP contribution is 2.46.